The number of benzene rings is 1. The molecule has 0 heterocycles. The van der Waals surface area contributed by atoms with Crippen LogP contribution in [0.5, 0.6) is 17.2 Å². The van der Waals surface area contributed by atoms with Crippen LogP contribution in [0.1, 0.15) is 12.5 Å². The maximum absolute atomic E-state index is 9.18. The molecule has 6 heteroatoms. The van der Waals surface area contributed by atoms with Crippen molar-refractivity contribution in [2.45, 2.75) is 19.6 Å². The van der Waals surface area contributed by atoms with E-state index in [1.807, 2.05) is 12.1 Å². The van der Waals surface area contributed by atoms with Gasteiger partial charge in [-0.05, 0) is 24.6 Å². The van der Waals surface area contributed by atoms with Gasteiger partial charge in [-0.2, -0.15) is 0 Å². The summed E-state index contributed by atoms with van der Waals surface area (Å²) < 4.78 is 15.8. The molecule has 0 saturated heterocycles. The lowest BCUT2D eigenvalue weighted by molar-refractivity contribution is 0.191. The number of ether oxygens (including phenoxy) is 3. The van der Waals surface area contributed by atoms with E-state index >= 15 is 0 Å². The zero-order valence-electron chi connectivity index (χ0n) is 11.7. The van der Waals surface area contributed by atoms with E-state index in [4.69, 9.17) is 14.2 Å². The minimum absolute atomic E-state index is 0. The summed E-state index contributed by atoms with van der Waals surface area (Å²) in [6.07, 6.45) is -0.368. The van der Waals surface area contributed by atoms with E-state index in [0.29, 0.717) is 30.3 Å². The topological polar surface area (TPSA) is 60.0 Å². The van der Waals surface area contributed by atoms with Gasteiger partial charge in [0, 0.05) is 13.1 Å². The quantitative estimate of drug-likeness (QED) is 0.799. The second-order valence-corrected chi connectivity index (χ2v) is 4.01. The predicted molar refractivity (Wildman–Crippen MR) is 76.7 cm³/mol. The lowest BCUT2D eigenvalue weighted by Gasteiger charge is -2.14. The number of rotatable bonds is 7. The minimum Gasteiger partial charge on any atom is -0.493 e. The Morgan fingerprint density at radius 1 is 1.11 bits per heavy atom. The minimum atomic E-state index is -0.368. The molecular weight excluding hydrogens is 270 g/mol. The summed E-state index contributed by atoms with van der Waals surface area (Å²) in [5.74, 6) is 1.84. The number of hydrogen-bond acceptors (Lipinski definition) is 5. The molecule has 1 aromatic rings. The van der Waals surface area contributed by atoms with Gasteiger partial charge < -0.3 is 24.6 Å². The molecule has 1 unspecified atom stereocenters. The first-order valence-electron chi connectivity index (χ1n) is 5.80. The van der Waals surface area contributed by atoms with Gasteiger partial charge in [-0.15, -0.1) is 12.4 Å². The van der Waals surface area contributed by atoms with Gasteiger partial charge in [-0.25, -0.2) is 0 Å². The number of methoxy groups -OCH3 is 3. The Bertz CT molecular complexity index is 360. The molecule has 0 amide bonds. The molecule has 1 rings (SSSR count). The van der Waals surface area contributed by atoms with Crippen LogP contribution in [0.2, 0.25) is 0 Å². The van der Waals surface area contributed by atoms with Crippen molar-refractivity contribution in [1.29, 1.82) is 0 Å². The van der Waals surface area contributed by atoms with Crippen molar-refractivity contribution < 1.29 is 19.3 Å². The molecule has 0 aromatic heterocycles. The van der Waals surface area contributed by atoms with E-state index in [1.165, 1.54) is 0 Å². The molecule has 5 nitrogen and oxygen atoms in total. The number of aliphatic hydroxyl groups is 1. The van der Waals surface area contributed by atoms with E-state index in [1.54, 1.807) is 28.3 Å². The van der Waals surface area contributed by atoms with Crippen molar-refractivity contribution in [1.82, 2.24) is 5.32 Å². The number of aliphatic hydroxyl groups excluding tert-OH is 1. The number of nitrogens with one attached hydrogen (secondary N) is 1. The fraction of sp³-hybridized carbons (Fsp3) is 0.538. The first-order valence-corrected chi connectivity index (χ1v) is 5.80. The summed E-state index contributed by atoms with van der Waals surface area (Å²) in [6, 6.07) is 3.77. The zero-order chi connectivity index (χ0) is 13.5. The summed E-state index contributed by atoms with van der Waals surface area (Å²) in [4.78, 5) is 0. The van der Waals surface area contributed by atoms with Crippen molar-refractivity contribution in [2.75, 3.05) is 27.9 Å². The van der Waals surface area contributed by atoms with Crippen LogP contribution in [0.15, 0.2) is 12.1 Å². The second kappa shape index (κ2) is 8.85. The van der Waals surface area contributed by atoms with Crippen LogP contribution in [0.4, 0.5) is 0 Å². The molecule has 2 N–H and O–H groups in total. The largest absolute Gasteiger partial charge is 0.493 e. The van der Waals surface area contributed by atoms with Crippen molar-refractivity contribution >= 4 is 12.4 Å². The van der Waals surface area contributed by atoms with E-state index in [-0.39, 0.29) is 18.5 Å². The van der Waals surface area contributed by atoms with Crippen molar-refractivity contribution in [3.05, 3.63) is 17.7 Å². The standard InChI is InChI=1S/C13H21NO4.ClH/c1-9(15)7-14-8-10-5-11(16-2)13(18-4)12(6-10)17-3;/h5-6,9,14-15H,7-8H2,1-4H3;1H. The van der Waals surface area contributed by atoms with Gasteiger partial charge in [0.2, 0.25) is 5.75 Å². The predicted octanol–water partition coefficient (Wildman–Crippen LogP) is 1.60. The Morgan fingerprint density at radius 3 is 2.00 bits per heavy atom. The summed E-state index contributed by atoms with van der Waals surface area (Å²) in [6.45, 7) is 2.90. The fourth-order valence-corrected chi connectivity index (χ4v) is 1.66. The summed E-state index contributed by atoms with van der Waals surface area (Å²) in [5.41, 5.74) is 1.00. The molecule has 1 atom stereocenters. The first-order chi connectivity index (χ1) is 8.62. The molecule has 0 aliphatic heterocycles. The van der Waals surface area contributed by atoms with Gasteiger partial charge >= 0.3 is 0 Å². The maximum Gasteiger partial charge on any atom is 0.203 e. The Kier molecular flexibility index (Phi) is 8.30. The molecule has 0 aliphatic rings. The van der Waals surface area contributed by atoms with Crippen molar-refractivity contribution in [3.63, 3.8) is 0 Å². The van der Waals surface area contributed by atoms with E-state index < -0.39 is 0 Å². The van der Waals surface area contributed by atoms with Gasteiger partial charge in [0.15, 0.2) is 11.5 Å². The highest BCUT2D eigenvalue weighted by atomic mass is 35.5. The zero-order valence-corrected chi connectivity index (χ0v) is 12.5. The van der Waals surface area contributed by atoms with E-state index in [2.05, 4.69) is 5.32 Å². The third kappa shape index (κ3) is 5.14. The smallest absolute Gasteiger partial charge is 0.203 e. The average Bonchev–Trinajstić information content (AvgIpc) is 2.36. The third-order valence-electron chi connectivity index (χ3n) is 2.49. The highest BCUT2D eigenvalue weighted by Crippen LogP contribution is 2.38. The average molecular weight is 292 g/mol. The Balaban J connectivity index is 0.00000324. The van der Waals surface area contributed by atoms with E-state index in [9.17, 15) is 5.11 Å². The third-order valence-corrected chi connectivity index (χ3v) is 2.49. The molecular formula is C13H22ClNO4. The summed E-state index contributed by atoms with van der Waals surface area (Å²) in [5, 5.41) is 12.3. The lowest BCUT2D eigenvalue weighted by atomic mass is 10.1. The van der Waals surface area contributed by atoms with Crippen LogP contribution in [0, 0.1) is 0 Å². The summed E-state index contributed by atoms with van der Waals surface area (Å²) >= 11 is 0. The van der Waals surface area contributed by atoms with Crippen molar-refractivity contribution in [2.24, 2.45) is 0 Å². The number of hydrogen-bond donors (Lipinski definition) is 2. The highest BCUT2D eigenvalue weighted by Gasteiger charge is 2.12. The molecule has 0 radical (unpaired) electrons. The van der Waals surface area contributed by atoms with Gasteiger partial charge in [-0.1, -0.05) is 0 Å². The van der Waals surface area contributed by atoms with Crippen molar-refractivity contribution in [3.8, 4) is 17.2 Å². The molecule has 0 saturated carbocycles. The van der Waals surface area contributed by atoms with E-state index in [0.717, 1.165) is 5.56 Å². The van der Waals surface area contributed by atoms with Crippen LogP contribution in [0.3, 0.4) is 0 Å². The first kappa shape index (κ1) is 17.8. The highest BCUT2D eigenvalue weighted by molar-refractivity contribution is 5.85. The molecule has 1 aromatic carbocycles. The van der Waals surface area contributed by atoms with Crippen LogP contribution in [-0.4, -0.2) is 39.1 Å². The van der Waals surface area contributed by atoms with Crippen LogP contribution in [-0.2, 0) is 6.54 Å². The van der Waals surface area contributed by atoms with Gasteiger partial charge in [0.05, 0.1) is 27.4 Å². The molecule has 19 heavy (non-hydrogen) atoms. The van der Waals surface area contributed by atoms with Gasteiger partial charge in [0.25, 0.3) is 0 Å². The van der Waals surface area contributed by atoms with Gasteiger partial charge in [-0.3, -0.25) is 0 Å². The monoisotopic (exact) mass is 291 g/mol. The second-order valence-electron chi connectivity index (χ2n) is 4.01. The molecule has 0 fully saturated rings. The summed E-state index contributed by atoms with van der Waals surface area (Å²) in [7, 11) is 4.75. The molecule has 0 bridgehead atoms. The Hall–Kier alpha value is -1.17. The maximum atomic E-state index is 9.18. The van der Waals surface area contributed by atoms with Crippen LogP contribution in [0.25, 0.3) is 0 Å². The van der Waals surface area contributed by atoms with Crippen LogP contribution < -0.4 is 19.5 Å². The molecule has 0 aliphatic carbocycles. The lowest BCUT2D eigenvalue weighted by Crippen LogP contribution is -2.23. The van der Waals surface area contributed by atoms with Gasteiger partial charge in [0.1, 0.15) is 0 Å². The number of halogens is 1. The SMILES string of the molecule is COc1cc(CNCC(C)O)cc(OC)c1OC.Cl. The normalized spacial score (nSPS) is 11.4. The Labute approximate surface area is 120 Å². The fourth-order valence-electron chi connectivity index (χ4n) is 1.66. The van der Waals surface area contributed by atoms with Crippen LogP contribution >= 0.6 is 12.4 Å². The Morgan fingerprint density at radius 2 is 1.63 bits per heavy atom. The molecule has 0 spiro atoms. The molecule has 110 valence electrons.